The predicted molar refractivity (Wildman–Crippen MR) is 144 cm³/mol. The van der Waals surface area contributed by atoms with Crippen LogP contribution >= 0.6 is 11.8 Å². The maximum Gasteiger partial charge on any atom is 0.233 e. The molecule has 7 nitrogen and oxygen atoms in total. The van der Waals surface area contributed by atoms with E-state index in [1.165, 1.54) is 11.8 Å². The summed E-state index contributed by atoms with van der Waals surface area (Å²) < 4.78 is 7.33. The lowest BCUT2D eigenvalue weighted by molar-refractivity contribution is -0.127. The molecule has 0 radical (unpaired) electrons. The highest BCUT2D eigenvalue weighted by atomic mass is 32.2. The largest absolute Gasteiger partial charge is 0.497 e. The van der Waals surface area contributed by atoms with Crippen molar-refractivity contribution < 1.29 is 9.53 Å². The first-order valence-electron chi connectivity index (χ1n) is 11.6. The van der Waals surface area contributed by atoms with Crippen LogP contribution in [0.3, 0.4) is 0 Å². The molecule has 0 aliphatic heterocycles. The highest BCUT2D eigenvalue weighted by Crippen LogP contribution is 2.32. The number of hydrogen-bond donors (Lipinski definition) is 1. The minimum absolute atomic E-state index is 0.00950. The molecule has 0 spiro atoms. The summed E-state index contributed by atoms with van der Waals surface area (Å²) in [4.78, 5) is 18.0. The van der Waals surface area contributed by atoms with Gasteiger partial charge in [-0.3, -0.25) is 9.36 Å². The Morgan fingerprint density at radius 1 is 1.06 bits per heavy atom. The van der Waals surface area contributed by atoms with Gasteiger partial charge in [-0.05, 0) is 48.4 Å². The van der Waals surface area contributed by atoms with E-state index in [2.05, 4.69) is 40.3 Å². The van der Waals surface area contributed by atoms with Crippen LogP contribution in [0.5, 0.6) is 5.75 Å². The molecular formula is C28H27N5O2S. The maximum absolute atomic E-state index is 13.0. The van der Waals surface area contributed by atoms with Gasteiger partial charge in [-0.15, -0.1) is 10.2 Å². The highest BCUT2D eigenvalue weighted by Gasteiger charge is 2.20. The Balaban J connectivity index is 1.42. The Labute approximate surface area is 214 Å². The molecular weight excluding hydrogens is 470 g/mol. The van der Waals surface area contributed by atoms with Crippen LogP contribution in [-0.4, -0.2) is 50.5 Å². The smallest absolute Gasteiger partial charge is 0.233 e. The van der Waals surface area contributed by atoms with E-state index in [9.17, 15) is 4.79 Å². The quantitative estimate of drug-likeness (QED) is 0.287. The standard InChI is InChI=1S/C28H27N5O2S/c1-19-8-6-10-21(14-19)33-27(24-16-29-25-13-5-4-12-23(24)25)30-31-28(33)36-18-26(34)32(2)17-20-9-7-11-22(15-20)35-3/h4-16,29H,17-18H2,1-3H3. The monoisotopic (exact) mass is 497 g/mol. The van der Waals surface area contributed by atoms with Crippen LogP contribution in [0.25, 0.3) is 28.0 Å². The number of para-hydroxylation sites is 1. The van der Waals surface area contributed by atoms with E-state index in [-0.39, 0.29) is 11.7 Å². The van der Waals surface area contributed by atoms with E-state index in [0.29, 0.717) is 11.7 Å². The van der Waals surface area contributed by atoms with Crippen molar-refractivity contribution in [3.63, 3.8) is 0 Å². The molecule has 0 atom stereocenters. The number of amides is 1. The number of rotatable bonds is 8. The minimum atomic E-state index is 0.00950. The number of fused-ring (bicyclic) bond motifs is 1. The molecule has 1 amide bonds. The third kappa shape index (κ3) is 4.85. The van der Waals surface area contributed by atoms with E-state index in [0.717, 1.165) is 44.9 Å². The zero-order chi connectivity index (χ0) is 25.1. The summed E-state index contributed by atoms with van der Waals surface area (Å²) in [7, 11) is 3.45. The Kier molecular flexibility index (Phi) is 6.77. The highest BCUT2D eigenvalue weighted by molar-refractivity contribution is 7.99. The van der Waals surface area contributed by atoms with Crippen LogP contribution in [0.1, 0.15) is 11.1 Å². The first-order chi connectivity index (χ1) is 17.5. The second-order valence-corrected chi connectivity index (χ2v) is 9.56. The molecule has 0 unspecified atom stereocenters. The van der Waals surface area contributed by atoms with Crippen molar-refractivity contribution in [3.8, 4) is 22.8 Å². The average Bonchev–Trinajstić information content (AvgIpc) is 3.51. The first-order valence-corrected chi connectivity index (χ1v) is 12.6. The number of aromatic nitrogens is 4. The molecule has 2 heterocycles. The number of methoxy groups -OCH3 is 1. The van der Waals surface area contributed by atoms with Crippen LogP contribution < -0.4 is 4.74 Å². The molecule has 0 saturated heterocycles. The molecule has 0 aliphatic rings. The average molecular weight is 498 g/mol. The molecule has 0 fully saturated rings. The van der Waals surface area contributed by atoms with Gasteiger partial charge in [0.15, 0.2) is 11.0 Å². The topological polar surface area (TPSA) is 76.0 Å². The van der Waals surface area contributed by atoms with Gasteiger partial charge < -0.3 is 14.6 Å². The fourth-order valence-electron chi connectivity index (χ4n) is 4.16. The molecule has 5 aromatic rings. The van der Waals surface area contributed by atoms with Gasteiger partial charge >= 0.3 is 0 Å². The van der Waals surface area contributed by atoms with Crippen molar-refractivity contribution in [2.75, 3.05) is 19.9 Å². The van der Waals surface area contributed by atoms with Gasteiger partial charge in [0.25, 0.3) is 0 Å². The summed E-state index contributed by atoms with van der Waals surface area (Å²) in [6.45, 7) is 2.56. The molecule has 182 valence electrons. The zero-order valence-electron chi connectivity index (χ0n) is 20.4. The van der Waals surface area contributed by atoms with Gasteiger partial charge in [-0.25, -0.2) is 0 Å². The molecule has 0 bridgehead atoms. The van der Waals surface area contributed by atoms with Gasteiger partial charge in [0.05, 0.1) is 12.9 Å². The summed E-state index contributed by atoms with van der Waals surface area (Å²) >= 11 is 1.39. The zero-order valence-corrected chi connectivity index (χ0v) is 21.2. The van der Waals surface area contributed by atoms with Crippen LogP contribution in [0.15, 0.2) is 84.1 Å². The Morgan fingerprint density at radius 3 is 2.72 bits per heavy atom. The normalized spacial score (nSPS) is 11.1. The number of ether oxygens (including phenoxy) is 1. The Morgan fingerprint density at radius 2 is 1.89 bits per heavy atom. The summed E-state index contributed by atoms with van der Waals surface area (Å²) in [5.41, 5.74) is 5.11. The van der Waals surface area contributed by atoms with Crippen LogP contribution in [-0.2, 0) is 11.3 Å². The van der Waals surface area contributed by atoms with Crippen LogP contribution in [0.2, 0.25) is 0 Å². The fourth-order valence-corrected chi connectivity index (χ4v) is 5.06. The van der Waals surface area contributed by atoms with E-state index in [4.69, 9.17) is 4.74 Å². The minimum Gasteiger partial charge on any atom is -0.497 e. The van der Waals surface area contributed by atoms with Gasteiger partial charge in [-0.2, -0.15) is 0 Å². The van der Waals surface area contributed by atoms with Crippen molar-refractivity contribution >= 4 is 28.6 Å². The molecule has 8 heteroatoms. The number of benzene rings is 3. The van der Waals surface area contributed by atoms with Crippen molar-refractivity contribution in [2.45, 2.75) is 18.6 Å². The van der Waals surface area contributed by atoms with Gasteiger partial charge in [0, 0.05) is 41.9 Å². The summed E-state index contributed by atoms with van der Waals surface area (Å²) in [5, 5.41) is 10.8. The maximum atomic E-state index is 13.0. The van der Waals surface area contributed by atoms with Crippen molar-refractivity contribution in [1.82, 2.24) is 24.6 Å². The predicted octanol–water partition coefficient (Wildman–Crippen LogP) is 5.48. The van der Waals surface area contributed by atoms with Crippen molar-refractivity contribution in [2.24, 2.45) is 0 Å². The lowest BCUT2D eigenvalue weighted by Gasteiger charge is -2.17. The summed E-state index contributed by atoms with van der Waals surface area (Å²) in [6.07, 6.45) is 1.96. The van der Waals surface area contributed by atoms with Gasteiger partial charge in [-0.1, -0.05) is 54.2 Å². The number of nitrogens with one attached hydrogen (secondary N) is 1. The fraction of sp³-hybridized carbons (Fsp3) is 0.179. The number of thioether (sulfide) groups is 1. The molecule has 0 saturated carbocycles. The van der Waals surface area contributed by atoms with Crippen molar-refractivity contribution in [1.29, 1.82) is 0 Å². The molecule has 0 aliphatic carbocycles. The number of H-pyrrole nitrogens is 1. The molecule has 36 heavy (non-hydrogen) atoms. The lowest BCUT2D eigenvalue weighted by Crippen LogP contribution is -2.27. The molecule has 3 aromatic carbocycles. The Bertz CT molecular complexity index is 1520. The SMILES string of the molecule is COc1cccc(CN(C)C(=O)CSc2nnc(-c3c[nH]c4ccccc34)n2-c2cccc(C)c2)c1. The number of carbonyl (C=O) groups excluding carboxylic acids is 1. The lowest BCUT2D eigenvalue weighted by atomic mass is 10.1. The van der Waals surface area contributed by atoms with Crippen LogP contribution in [0, 0.1) is 6.92 Å². The number of aryl methyl sites for hydroxylation is 1. The summed E-state index contributed by atoms with van der Waals surface area (Å²) in [5.74, 6) is 1.77. The number of carbonyl (C=O) groups is 1. The third-order valence-corrected chi connectivity index (χ3v) is 6.94. The number of aromatic amines is 1. The third-order valence-electron chi connectivity index (χ3n) is 6.03. The van der Waals surface area contributed by atoms with E-state index in [1.54, 1.807) is 12.0 Å². The molecule has 5 rings (SSSR count). The van der Waals surface area contributed by atoms with E-state index >= 15 is 0 Å². The van der Waals surface area contributed by atoms with Crippen molar-refractivity contribution in [3.05, 3.63) is 90.1 Å². The molecule has 2 aromatic heterocycles. The van der Waals surface area contributed by atoms with E-state index in [1.807, 2.05) is 72.4 Å². The molecule has 1 N–H and O–H groups in total. The second-order valence-electron chi connectivity index (χ2n) is 8.62. The van der Waals surface area contributed by atoms with Gasteiger partial charge in [0.2, 0.25) is 5.91 Å². The first kappa shape index (κ1) is 23.7. The number of hydrogen-bond acceptors (Lipinski definition) is 5. The van der Waals surface area contributed by atoms with E-state index < -0.39 is 0 Å². The Hall–Kier alpha value is -4.04. The second kappa shape index (κ2) is 10.3. The summed E-state index contributed by atoms with van der Waals surface area (Å²) in [6, 6.07) is 24.1. The van der Waals surface area contributed by atoms with Crippen LogP contribution in [0.4, 0.5) is 0 Å². The number of nitrogens with zero attached hydrogens (tertiary/aromatic N) is 4. The van der Waals surface area contributed by atoms with Gasteiger partial charge in [0.1, 0.15) is 5.75 Å².